The van der Waals surface area contributed by atoms with Crippen LogP contribution >= 0.6 is 12.2 Å². The van der Waals surface area contributed by atoms with Crippen molar-refractivity contribution < 1.29 is 9.18 Å². The molecule has 0 saturated carbocycles. The van der Waals surface area contributed by atoms with Crippen LogP contribution in [0.2, 0.25) is 0 Å². The zero-order chi connectivity index (χ0) is 12.8. The number of amides is 1. The molecule has 0 aromatic heterocycles. The molecule has 0 aliphatic heterocycles. The van der Waals surface area contributed by atoms with Crippen LogP contribution in [0.1, 0.15) is 18.9 Å². The molecule has 0 radical (unpaired) electrons. The first kappa shape index (κ1) is 13.6. The molecule has 5 heteroatoms. The first-order valence-electron chi connectivity index (χ1n) is 5.27. The molecule has 1 amide bonds. The van der Waals surface area contributed by atoms with E-state index in [1.807, 2.05) is 0 Å². The number of hydrogen-bond acceptors (Lipinski definition) is 2. The van der Waals surface area contributed by atoms with E-state index in [-0.39, 0.29) is 11.7 Å². The van der Waals surface area contributed by atoms with E-state index in [4.69, 9.17) is 18.0 Å². The van der Waals surface area contributed by atoms with Gasteiger partial charge in [-0.25, -0.2) is 4.39 Å². The largest absolute Gasteiger partial charge is 0.393 e. The summed E-state index contributed by atoms with van der Waals surface area (Å²) in [6.45, 7) is 2.42. The highest BCUT2D eigenvalue weighted by Gasteiger charge is 2.09. The molecule has 0 atom stereocenters. The lowest BCUT2D eigenvalue weighted by Crippen LogP contribution is -2.31. The van der Waals surface area contributed by atoms with Crippen LogP contribution in [0.3, 0.4) is 0 Å². The molecule has 0 heterocycles. The summed E-state index contributed by atoms with van der Waals surface area (Å²) in [6.07, 6.45) is 0.496. The predicted molar refractivity (Wildman–Crippen MR) is 68.9 cm³/mol. The summed E-state index contributed by atoms with van der Waals surface area (Å²) in [5, 5.41) is 0. The van der Waals surface area contributed by atoms with E-state index >= 15 is 0 Å². The van der Waals surface area contributed by atoms with Crippen molar-refractivity contribution in [3.8, 4) is 0 Å². The van der Waals surface area contributed by atoms with Crippen molar-refractivity contribution in [2.24, 2.45) is 5.73 Å². The Labute approximate surface area is 105 Å². The SMILES string of the molecule is CC(=O)N(CCC(N)=S)Cc1ccc(F)cc1. The van der Waals surface area contributed by atoms with Gasteiger partial charge in [0.25, 0.3) is 0 Å². The average molecular weight is 254 g/mol. The molecular weight excluding hydrogens is 239 g/mol. The summed E-state index contributed by atoms with van der Waals surface area (Å²) in [4.78, 5) is 13.4. The van der Waals surface area contributed by atoms with Crippen molar-refractivity contribution in [3.05, 3.63) is 35.6 Å². The molecule has 0 unspecified atom stereocenters. The molecule has 1 rings (SSSR count). The Hall–Kier alpha value is -1.49. The Morgan fingerprint density at radius 3 is 2.47 bits per heavy atom. The lowest BCUT2D eigenvalue weighted by Gasteiger charge is -2.20. The van der Waals surface area contributed by atoms with E-state index < -0.39 is 0 Å². The van der Waals surface area contributed by atoms with E-state index in [0.29, 0.717) is 24.5 Å². The van der Waals surface area contributed by atoms with Gasteiger partial charge in [-0.15, -0.1) is 0 Å². The standard InChI is InChI=1S/C12H15FN2OS/c1-9(16)15(7-6-12(14)17)8-10-2-4-11(13)5-3-10/h2-5H,6-8H2,1H3,(H2,14,17). The minimum absolute atomic E-state index is 0.0504. The summed E-state index contributed by atoms with van der Waals surface area (Å²) in [5.41, 5.74) is 6.28. The van der Waals surface area contributed by atoms with Crippen LogP contribution < -0.4 is 5.73 Å². The van der Waals surface area contributed by atoms with Crippen molar-refractivity contribution >= 4 is 23.1 Å². The van der Waals surface area contributed by atoms with Crippen molar-refractivity contribution in [1.29, 1.82) is 0 Å². The summed E-state index contributed by atoms with van der Waals surface area (Å²) < 4.78 is 12.7. The number of nitrogens with two attached hydrogens (primary N) is 1. The second-order valence-electron chi connectivity index (χ2n) is 3.78. The van der Waals surface area contributed by atoms with Gasteiger partial charge >= 0.3 is 0 Å². The van der Waals surface area contributed by atoms with Gasteiger partial charge in [0.1, 0.15) is 5.82 Å². The number of hydrogen-bond donors (Lipinski definition) is 1. The van der Waals surface area contributed by atoms with Gasteiger partial charge in [0.2, 0.25) is 5.91 Å². The molecule has 3 nitrogen and oxygen atoms in total. The van der Waals surface area contributed by atoms with E-state index in [2.05, 4.69) is 0 Å². The third kappa shape index (κ3) is 4.91. The van der Waals surface area contributed by atoms with Gasteiger partial charge in [0.05, 0.1) is 4.99 Å². The number of thiocarbonyl (C=S) groups is 1. The van der Waals surface area contributed by atoms with Gasteiger partial charge in [-0.1, -0.05) is 24.4 Å². The molecule has 0 aliphatic carbocycles. The van der Waals surface area contributed by atoms with Gasteiger partial charge in [0.15, 0.2) is 0 Å². The lowest BCUT2D eigenvalue weighted by molar-refractivity contribution is -0.129. The molecule has 1 aromatic carbocycles. The number of benzene rings is 1. The van der Waals surface area contributed by atoms with Crippen molar-refractivity contribution in [2.45, 2.75) is 19.9 Å². The molecule has 0 aliphatic rings. The maximum absolute atomic E-state index is 12.7. The average Bonchev–Trinajstić information content (AvgIpc) is 2.26. The fraction of sp³-hybridized carbons (Fsp3) is 0.333. The van der Waals surface area contributed by atoms with Gasteiger partial charge in [-0.05, 0) is 17.7 Å². The van der Waals surface area contributed by atoms with Gasteiger partial charge < -0.3 is 10.6 Å². The van der Waals surface area contributed by atoms with Crippen molar-refractivity contribution in [3.63, 3.8) is 0 Å². The molecule has 2 N–H and O–H groups in total. The number of rotatable bonds is 5. The topological polar surface area (TPSA) is 46.3 Å². The third-order valence-corrected chi connectivity index (χ3v) is 2.56. The van der Waals surface area contributed by atoms with Gasteiger partial charge in [0, 0.05) is 26.4 Å². The zero-order valence-corrected chi connectivity index (χ0v) is 10.5. The highest BCUT2D eigenvalue weighted by molar-refractivity contribution is 7.80. The molecule has 0 spiro atoms. The minimum Gasteiger partial charge on any atom is -0.393 e. The Morgan fingerprint density at radius 2 is 2.00 bits per heavy atom. The highest BCUT2D eigenvalue weighted by atomic mass is 32.1. The number of carbonyl (C=O) groups excluding carboxylic acids is 1. The van der Waals surface area contributed by atoms with Gasteiger partial charge in [-0.2, -0.15) is 0 Å². The van der Waals surface area contributed by atoms with E-state index in [9.17, 15) is 9.18 Å². The summed E-state index contributed by atoms with van der Waals surface area (Å²) in [5.74, 6) is -0.336. The Balaban J connectivity index is 2.63. The van der Waals surface area contributed by atoms with E-state index in [1.165, 1.54) is 19.1 Å². The smallest absolute Gasteiger partial charge is 0.219 e. The molecular formula is C12H15FN2OS. The predicted octanol–water partition coefficient (Wildman–Crippen LogP) is 1.85. The summed E-state index contributed by atoms with van der Waals surface area (Å²) >= 11 is 4.77. The fourth-order valence-electron chi connectivity index (χ4n) is 1.40. The second-order valence-corrected chi connectivity index (χ2v) is 4.31. The Bertz CT molecular complexity index is 405. The van der Waals surface area contributed by atoms with Crippen LogP contribution in [-0.2, 0) is 11.3 Å². The van der Waals surface area contributed by atoms with Gasteiger partial charge in [-0.3, -0.25) is 4.79 Å². The number of nitrogens with zero attached hydrogens (tertiary/aromatic N) is 1. The van der Waals surface area contributed by atoms with Crippen LogP contribution in [0.15, 0.2) is 24.3 Å². The highest BCUT2D eigenvalue weighted by Crippen LogP contribution is 2.07. The van der Waals surface area contributed by atoms with E-state index in [1.54, 1.807) is 17.0 Å². The lowest BCUT2D eigenvalue weighted by atomic mass is 10.2. The first-order valence-corrected chi connectivity index (χ1v) is 5.68. The summed E-state index contributed by atoms with van der Waals surface area (Å²) in [7, 11) is 0. The normalized spacial score (nSPS) is 10.0. The molecule has 0 saturated heterocycles. The van der Waals surface area contributed by atoms with Crippen LogP contribution in [0.25, 0.3) is 0 Å². The molecule has 0 fully saturated rings. The molecule has 0 bridgehead atoms. The Kier molecular flexibility index (Phi) is 5.03. The molecule has 1 aromatic rings. The van der Waals surface area contributed by atoms with Crippen molar-refractivity contribution in [2.75, 3.05) is 6.54 Å². The summed E-state index contributed by atoms with van der Waals surface area (Å²) in [6, 6.07) is 6.07. The molecule has 92 valence electrons. The van der Waals surface area contributed by atoms with Crippen LogP contribution in [0.5, 0.6) is 0 Å². The third-order valence-electron chi connectivity index (χ3n) is 2.36. The maximum atomic E-state index is 12.7. The van der Waals surface area contributed by atoms with Crippen LogP contribution in [0.4, 0.5) is 4.39 Å². The van der Waals surface area contributed by atoms with Crippen LogP contribution in [0, 0.1) is 5.82 Å². The molecule has 17 heavy (non-hydrogen) atoms. The fourth-order valence-corrected chi connectivity index (χ4v) is 1.49. The Morgan fingerprint density at radius 1 is 1.41 bits per heavy atom. The quantitative estimate of drug-likeness (QED) is 0.816. The maximum Gasteiger partial charge on any atom is 0.219 e. The number of halogens is 1. The van der Waals surface area contributed by atoms with E-state index in [0.717, 1.165) is 5.56 Å². The second kappa shape index (κ2) is 6.30. The minimum atomic E-state index is -0.286. The van der Waals surface area contributed by atoms with Crippen molar-refractivity contribution in [1.82, 2.24) is 4.90 Å². The number of carbonyl (C=O) groups is 1. The zero-order valence-electron chi connectivity index (χ0n) is 9.65. The van der Waals surface area contributed by atoms with Crippen LogP contribution in [-0.4, -0.2) is 22.3 Å². The monoisotopic (exact) mass is 254 g/mol. The first-order chi connectivity index (χ1) is 7.99.